The van der Waals surface area contributed by atoms with Gasteiger partial charge in [0, 0.05) is 18.6 Å². The average Bonchev–Trinajstić information content (AvgIpc) is 2.71. The molecule has 0 radical (unpaired) electrons. The van der Waals surface area contributed by atoms with Crippen molar-refractivity contribution in [3.63, 3.8) is 0 Å². The molecule has 0 aliphatic carbocycles. The first kappa shape index (κ1) is 13.7. The molecule has 0 aliphatic heterocycles. The van der Waals surface area contributed by atoms with Crippen molar-refractivity contribution in [1.29, 1.82) is 0 Å². The molecule has 1 heterocycles. The maximum atomic E-state index is 12.6. The lowest BCUT2D eigenvalue weighted by atomic mass is 10.1. The van der Waals surface area contributed by atoms with Crippen LogP contribution in [0.15, 0.2) is 24.5 Å². The van der Waals surface area contributed by atoms with Crippen molar-refractivity contribution in [2.75, 3.05) is 5.32 Å². The minimum atomic E-state index is -4.41. The number of nitrogens with one attached hydrogen (secondary N) is 1. The predicted molar refractivity (Wildman–Crippen MR) is 64.8 cm³/mol. The van der Waals surface area contributed by atoms with Crippen molar-refractivity contribution in [2.24, 2.45) is 7.05 Å². The molecule has 4 nitrogen and oxygen atoms in total. The van der Waals surface area contributed by atoms with Crippen LogP contribution >= 0.6 is 11.6 Å². The number of benzene rings is 1. The summed E-state index contributed by atoms with van der Waals surface area (Å²) in [4.78, 5) is 3.91. The van der Waals surface area contributed by atoms with Crippen molar-refractivity contribution in [3.05, 3.63) is 40.7 Å². The van der Waals surface area contributed by atoms with E-state index < -0.39 is 11.7 Å². The summed E-state index contributed by atoms with van der Waals surface area (Å²) in [5.41, 5.74) is -0.363. The number of rotatable bonds is 3. The first-order chi connectivity index (χ1) is 8.84. The maximum Gasteiger partial charge on any atom is 0.416 e. The highest BCUT2D eigenvalue weighted by atomic mass is 35.5. The Morgan fingerprint density at radius 3 is 2.63 bits per heavy atom. The van der Waals surface area contributed by atoms with E-state index in [-0.39, 0.29) is 11.6 Å². The molecule has 1 N–H and O–H groups in total. The van der Waals surface area contributed by atoms with Gasteiger partial charge in [0.2, 0.25) is 5.95 Å². The predicted octanol–water partition coefficient (Wildman–Crippen LogP) is 3.10. The molecule has 0 aliphatic rings. The van der Waals surface area contributed by atoms with Crippen LogP contribution in [0.3, 0.4) is 0 Å². The highest BCUT2D eigenvalue weighted by molar-refractivity contribution is 6.30. The molecule has 0 bridgehead atoms. The Balaban J connectivity index is 2.14. The number of nitrogens with zero attached hydrogens (tertiary/aromatic N) is 3. The smallest absolute Gasteiger partial charge is 0.349 e. The third kappa shape index (κ3) is 3.60. The van der Waals surface area contributed by atoms with E-state index in [0.29, 0.717) is 11.5 Å². The summed E-state index contributed by atoms with van der Waals surface area (Å²) in [6.45, 7) is 0.160. The van der Waals surface area contributed by atoms with Gasteiger partial charge in [-0.3, -0.25) is 4.68 Å². The van der Waals surface area contributed by atoms with Gasteiger partial charge in [0.05, 0.1) is 5.56 Å². The van der Waals surface area contributed by atoms with E-state index in [2.05, 4.69) is 15.4 Å². The van der Waals surface area contributed by atoms with Gasteiger partial charge in [-0.2, -0.15) is 13.2 Å². The first-order valence-corrected chi connectivity index (χ1v) is 5.68. The van der Waals surface area contributed by atoms with Gasteiger partial charge in [0.1, 0.15) is 6.33 Å². The fraction of sp³-hybridized carbons (Fsp3) is 0.273. The van der Waals surface area contributed by atoms with Gasteiger partial charge >= 0.3 is 6.18 Å². The van der Waals surface area contributed by atoms with E-state index in [1.165, 1.54) is 17.1 Å². The average molecular weight is 291 g/mol. The van der Waals surface area contributed by atoms with Crippen LogP contribution in [-0.2, 0) is 19.8 Å². The number of aromatic nitrogens is 3. The summed E-state index contributed by atoms with van der Waals surface area (Å²) in [6, 6.07) is 3.40. The third-order valence-corrected chi connectivity index (χ3v) is 2.55. The van der Waals surface area contributed by atoms with E-state index in [1.54, 1.807) is 7.05 Å². The Bertz CT molecular complexity index is 580. The lowest BCUT2D eigenvalue weighted by Crippen LogP contribution is -2.07. The topological polar surface area (TPSA) is 42.7 Å². The van der Waals surface area contributed by atoms with E-state index in [9.17, 15) is 13.2 Å². The largest absolute Gasteiger partial charge is 0.416 e. The highest BCUT2D eigenvalue weighted by Gasteiger charge is 2.31. The molecule has 2 rings (SSSR count). The van der Waals surface area contributed by atoms with Crippen molar-refractivity contribution in [3.8, 4) is 0 Å². The van der Waals surface area contributed by atoms with Crippen LogP contribution in [0.2, 0.25) is 5.02 Å². The van der Waals surface area contributed by atoms with Crippen LogP contribution < -0.4 is 5.32 Å². The van der Waals surface area contributed by atoms with Gasteiger partial charge in [-0.05, 0) is 23.8 Å². The van der Waals surface area contributed by atoms with Gasteiger partial charge in [-0.15, -0.1) is 5.10 Å². The molecule has 0 unspecified atom stereocenters. The standard InChI is InChI=1S/C11H10ClF3N4/c1-19-6-17-10(18-19)16-5-7-2-8(11(13,14)15)4-9(12)3-7/h2-4,6H,5H2,1H3,(H,16,18). The molecule has 8 heteroatoms. The zero-order chi connectivity index (χ0) is 14.0. The van der Waals surface area contributed by atoms with Crippen molar-refractivity contribution < 1.29 is 13.2 Å². The summed E-state index contributed by atoms with van der Waals surface area (Å²) in [7, 11) is 1.69. The summed E-state index contributed by atoms with van der Waals surface area (Å²) >= 11 is 5.68. The fourth-order valence-electron chi connectivity index (χ4n) is 1.52. The molecule has 0 amide bonds. The van der Waals surface area contributed by atoms with Crippen LogP contribution in [0, 0.1) is 0 Å². The number of anilines is 1. The van der Waals surface area contributed by atoms with Crippen LogP contribution in [0.5, 0.6) is 0 Å². The second-order valence-electron chi connectivity index (χ2n) is 3.94. The minimum absolute atomic E-state index is 0.0422. The summed E-state index contributed by atoms with van der Waals surface area (Å²) in [6.07, 6.45) is -2.93. The SMILES string of the molecule is Cn1cnc(NCc2cc(Cl)cc(C(F)(F)F)c2)n1. The molecular formula is C11H10ClF3N4. The quantitative estimate of drug-likeness (QED) is 0.944. The molecule has 1 aromatic heterocycles. The molecule has 102 valence electrons. The molecular weight excluding hydrogens is 281 g/mol. The fourth-order valence-corrected chi connectivity index (χ4v) is 1.78. The Hall–Kier alpha value is -1.76. The molecule has 19 heavy (non-hydrogen) atoms. The first-order valence-electron chi connectivity index (χ1n) is 5.31. The van der Waals surface area contributed by atoms with Crippen molar-refractivity contribution in [1.82, 2.24) is 14.8 Å². The second kappa shape index (κ2) is 5.08. The van der Waals surface area contributed by atoms with Crippen LogP contribution in [0.25, 0.3) is 0 Å². The van der Waals surface area contributed by atoms with Gasteiger partial charge < -0.3 is 5.32 Å². The highest BCUT2D eigenvalue weighted by Crippen LogP contribution is 2.31. The Labute approximate surface area is 112 Å². The van der Waals surface area contributed by atoms with Crippen molar-refractivity contribution >= 4 is 17.5 Å². The maximum absolute atomic E-state index is 12.6. The minimum Gasteiger partial charge on any atom is -0.349 e. The number of hydrogen-bond donors (Lipinski definition) is 1. The Morgan fingerprint density at radius 1 is 1.32 bits per heavy atom. The molecule has 1 aromatic carbocycles. The third-order valence-electron chi connectivity index (χ3n) is 2.34. The van der Waals surface area contributed by atoms with Gasteiger partial charge in [0.25, 0.3) is 0 Å². The number of hydrogen-bond acceptors (Lipinski definition) is 3. The molecule has 0 fully saturated rings. The molecule has 0 saturated carbocycles. The van der Waals surface area contributed by atoms with E-state index in [1.807, 2.05) is 0 Å². The van der Waals surface area contributed by atoms with Gasteiger partial charge in [-0.1, -0.05) is 11.6 Å². The molecule has 0 saturated heterocycles. The number of aryl methyl sites for hydroxylation is 1. The van der Waals surface area contributed by atoms with Gasteiger partial charge in [-0.25, -0.2) is 4.98 Å². The summed E-state index contributed by atoms with van der Waals surface area (Å²) in [5, 5.41) is 6.82. The monoisotopic (exact) mass is 290 g/mol. The van der Waals surface area contributed by atoms with Gasteiger partial charge in [0.15, 0.2) is 0 Å². The lowest BCUT2D eigenvalue weighted by Gasteiger charge is -2.10. The van der Waals surface area contributed by atoms with E-state index >= 15 is 0 Å². The van der Waals surface area contributed by atoms with Crippen LogP contribution in [0.1, 0.15) is 11.1 Å². The zero-order valence-electron chi connectivity index (χ0n) is 9.87. The zero-order valence-corrected chi connectivity index (χ0v) is 10.6. The molecule has 0 spiro atoms. The van der Waals surface area contributed by atoms with E-state index in [4.69, 9.17) is 11.6 Å². The van der Waals surface area contributed by atoms with Crippen LogP contribution in [-0.4, -0.2) is 14.8 Å². The molecule has 2 aromatic rings. The lowest BCUT2D eigenvalue weighted by molar-refractivity contribution is -0.137. The van der Waals surface area contributed by atoms with E-state index in [0.717, 1.165) is 12.1 Å². The molecule has 0 atom stereocenters. The number of alkyl halides is 3. The Morgan fingerprint density at radius 2 is 2.05 bits per heavy atom. The normalized spacial score (nSPS) is 11.6. The summed E-state index contributed by atoms with van der Waals surface area (Å²) in [5.74, 6) is 0.344. The second-order valence-corrected chi connectivity index (χ2v) is 4.38. The Kier molecular flexibility index (Phi) is 3.66. The summed E-state index contributed by atoms with van der Waals surface area (Å²) < 4.78 is 39.3. The number of halogens is 4. The van der Waals surface area contributed by atoms with Crippen LogP contribution in [0.4, 0.5) is 19.1 Å². The van der Waals surface area contributed by atoms with Crippen molar-refractivity contribution in [2.45, 2.75) is 12.7 Å².